The lowest BCUT2D eigenvalue weighted by Crippen LogP contribution is -2.45. The van der Waals surface area contributed by atoms with E-state index >= 15 is 0 Å². The van der Waals surface area contributed by atoms with Crippen LogP contribution >= 0.6 is 0 Å². The summed E-state index contributed by atoms with van der Waals surface area (Å²) in [6.45, 7) is 10.4. The van der Waals surface area contributed by atoms with Crippen LogP contribution in [-0.2, 0) is 11.3 Å². The minimum atomic E-state index is -0.187. The zero-order chi connectivity index (χ0) is 18.7. The van der Waals surface area contributed by atoms with E-state index in [1.54, 1.807) is 6.07 Å². The van der Waals surface area contributed by atoms with Crippen molar-refractivity contribution in [2.75, 3.05) is 18.0 Å². The molecule has 0 aromatic carbocycles. The predicted octanol–water partition coefficient (Wildman–Crippen LogP) is 2.47. The van der Waals surface area contributed by atoms with E-state index in [-0.39, 0.29) is 18.1 Å². The lowest BCUT2D eigenvalue weighted by atomic mass is 10.1. The number of pyridine rings is 1. The molecular formula is C19H27N5O2. The third kappa shape index (κ3) is 4.40. The van der Waals surface area contributed by atoms with E-state index in [0.29, 0.717) is 18.2 Å². The summed E-state index contributed by atoms with van der Waals surface area (Å²) in [5.74, 6) is 1.07. The molecule has 0 bridgehead atoms. The number of H-pyrrole nitrogens is 1. The third-order valence-electron chi connectivity index (χ3n) is 4.46. The van der Waals surface area contributed by atoms with Gasteiger partial charge in [-0.25, -0.2) is 4.98 Å². The summed E-state index contributed by atoms with van der Waals surface area (Å²) in [7, 11) is 0. The average Bonchev–Trinajstić information content (AvgIpc) is 3.10. The van der Waals surface area contributed by atoms with Crippen molar-refractivity contribution < 1.29 is 9.53 Å². The highest BCUT2D eigenvalue weighted by Gasteiger charge is 2.23. The Balaban J connectivity index is 1.56. The van der Waals surface area contributed by atoms with Crippen LogP contribution in [0.25, 0.3) is 0 Å². The lowest BCUT2D eigenvalue weighted by molar-refractivity contribution is -0.00546. The molecule has 0 radical (unpaired) electrons. The Labute approximate surface area is 154 Å². The van der Waals surface area contributed by atoms with Gasteiger partial charge in [0.1, 0.15) is 11.5 Å². The summed E-state index contributed by atoms with van der Waals surface area (Å²) < 4.78 is 5.76. The number of hydrogen-bond acceptors (Lipinski definition) is 5. The molecule has 0 saturated carbocycles. The number of aromatic nitrogens is 3. The number of nitrogens with one attached hydrogen (secondary N) is 2. The SMILES string of the molecule is CC(C)c1cc(C(=O)NCc2ccc(N3C[C@H](C)O[C@@H](C)C3)nc2)n[nH]1. The molecule has 1 aliphatic rings. The quantitative estimate of drug-likeness (QED) is 0.859. The molecule has 7 nitrogen and oxygen atoms in total. The molecule has 26 heavy (non-hydrogen) atoms. The molecule has 2 aromatic heterocycles. The van der Waals surface area contributed by atoms with Gasteiger partial charge in [0.15, 0.2) is 0 Å². The number of carbonyl (C=O) groups is 1. The minimum absolute atomic E-state index is 0.187. The zero-order valence-corrected chi connectivity index (χ0v) is 15.8. The normalized spacial score (nSPS) is 20.4. The standard InChI is InChI=1S/C19H27N5O2/c1-12(2)16-7-17(23-22-16)19(25)21-9-15-5-6-18(20-8-15)24-10-13(3)26-14(4)11-24/h5-8,12-14H,9-11H2,1-4H3,(H,21,25)(H,22,23)/t13-,14-/m0/s1. The van der Waals surface area contributed by atoms with E-state index in [1.165, 1.54) is 0 Å². The van der Waals surface area contributed by atoms with Crippen LogP contribution in [0.2, 0.25) is 0 Å². The van der Waals surface area contributed by atoms with Crippen molar-refractivity contribution in [3.63, 3.8) is 0 Å². The molecule has 1 saturated heterocycles. The first kappa shape index (κ1) is 18.4. The van der Waals surface area contributed by atoms with Crippen LogP contribution in [0, 0.1) is 0 Å². The van der Waals surface area contributed by atoms with Crippen molar-refractivity contribution >= 4 is 11.7 Å². The van der Waals surface area contributed by atoms with Gasteiger partial charge in [0.25, 0.3) is 5.91 Å². The fourth-order valence-corrected chi connectivity index (χ4v) is 3.09. The molecule has 0 aliphatic carbocycles. The molecule has 2 aromatic rings. The number of amides is 1. The molecule has 1 amide bonds. The highest BCUT2D eigenvalue weighted by Crippen LogP contribution is 2.18. The largest absolute Gasteiger partial charge is 0.372 e. The van der Waals surface area contributed by atoms with Crippen LogP contribution in [-0.4, -0.2) is 46.4 Å². The number of anilines is 1. The first-order valence-corrected chi connectivity index (χ1v) is 9.11. The Morgan fingerprint density at radius 3 is 2.65 bits per heavy atom. The van der Waals surface area contributed by atoms with Crippen molar-refractivity contribution in [1.82, 2.24) is 20.5 Å². The number of ether oxygens (including phenoxy) is 1. The maximum Gasteiger partial charge on any atom is 0.272 e. The second-order valence-corrected chi connectivity index (χ2v) is 7.23. The summed E-state index contributed by atoms with van der Waals surface area (Å²) in [5.41, 5.74) is 2.32. The van der Waals surface area contributed by atoms with E-state index < -0.39 is 0 Å². The van der Waals surface area contributed by atoms with Crippen molar-refractivity contribution in [3.8, 4) is 0 Å². The highest BCUT2D eigenvalue weighted by molar-refractivity contribution is 5.92. The smallest absolute Gasteiger partial charge is 0.272 e. The van der Waals surface area contributed by atoms with Gasteiger partial charge in [0, 0.05) is 31.5 Å². The molecule has 140 valence electrons. The van der Waals surface area contributed by atoms with Gasteiger partial charge in [-0.15, -0.1) is 0 Å². The zero-order valence-electron chi connectivity index (χ0n) is 15.8. The topological polar surface area (TPSA) is 83.1 Å². The van der Waals surface area contributed by atoms with Crippen molar-refractivity contribution in [2.45, 2.75) is 52.4 Å². The summed E-state index contributed by atoms with van der Waals surface area (Å²) in [5, 5.41) is 9.85. The van der Waals surface area contributed by atoms with E-state index in [1.807, 2.05) is 18.3 Å². The Morgan fingerprint density at radius 1 is 1.35 bits per heavy atom. The average molecular weight is 357 g/mol. The van der Waals surface area contributed by atoms with Crippen LogP contribution in [0.4, 0.5) is 5.82 Å². The van der Waals surface area contributed by atoms with E-state index in [4.69, 9.17) is 4.74 Å². The highest BCUT2D eigenvalue weighted by atomic mass is 16.5. The number of carbonyl (C=O) groups excluding carboxylic acids is 1. The van der Waals surface area contributed by atoms with Gasteiger partial charge < -0.3 is 15.0 Å². The molecule has 0 unspecified atom stereocenters. The van der Waals surface area contributed by atoms with Gasteiger partial charge >= 0.3 is 0 Å². The van der Waals surface area contributed by atoms with Gasteiger partial charge in [0.2, 0.25) is 0 Å². The number of aromatic amines is 1. The fraction of sp³-hybridized carbons (Fsp3) is 0.526. The summed E-state index contributed by atoms with van der Waals surface area (Å²) in [6, 6.07) is 5.79. The van der Waals surface area contributed by atoms with Crippen LogP contribution < -0.4 is 10.2 Å². The molecular weight excluding hydrogens is 330 g/mol. The number of nitrogens with zero attached hydrogens (tertiary/aromatic N) is 3. The van der Waals surface area contributed by atoms with E-state index in [0.717, 1.165) is 30.2 Å². The first-order valence-electron chi connectivity index (χ1n) is 9.11. The maximum absolute atomic E-state index is 12.2. The van der Waals surface area contributed by atoms with Gasteiger partial charge in [0.05, 0.1) is 12.2 Å². The second kappa shape index (κ2) is 7.86. The molecule has 1 fully saturated rings. The molecule has 2 atom stereocenters. The second-order valence-electron chi connectivity index (χ2n) is 7.23. The van der Waals surface area contributed by atoms with E-state index in [2.05, 4.69) is 53.1 Å². The molecule has 3 heterocycles. The van der Waals surface area contributed by atoms with Crippen molar-refractivity contribution in [2.24, 2.45) is 0 Å². The number of rotatable bonds is 5. The summed E-state index contributed by atoms with van der Waals surface area (Å²) in [6.07, 6.45) is 2.21. The van der Waals surface area contributed by atoms with Crippen LogP contribution in [0.3, 0.4) is 0 Å². The van der Waals surface area contributed by atoms with Crippen LogP contribution in [0.5, 0.6) is 0 Å². The first-order chi connectivity index (χ1) is 12.4. The van der Waals surface area contributed by atoms with Crippen LogP contribution in [0.15, 0.2) is 24.4 Å². The molecule has 3 rings (SSSR count). The Morgan fingerprint density at radius 2 is 2.08 bits per heavy atom. The monoisotopic (exact) mass is 357 g/mol. The van der Waals surface area contributed by atoms with E-state index in [9.17, 15) is 4.79 Å². The molecule has 7 heteroatoms. The van der Waals surface area contributed by atoms with Gasteiger partial charge in [-0.05, 0) is 37.5 Å². The lowest BCUT2D eigenvalue weighted by Gasteiger charge is -2.36. The van der Waals surface area contributed by atoms with Crippen LogP contribution in [0.1, 0.15) is 55.4 Å². The predicted molar refractivity (Wildman–Crippen MR) is 100 cm³/mol. The third-order valence-corrected chi connectivity index (χ3v) is 4.46. The summed E-state index contributed by atoms with van der Waals surface area (Å²) in [4.78, 5) is 19.0. The maximum atomic E-state index is 12.2. The summed E-state index contributed by atoms with van der Waals surface area (Å²) >= 11 is 0. The van der Waals surface area contributed by atoms with Crippen molar-refractivity contribution in [1.29, 1.82) is 0 Å². The Kier molecular flexibility index (Phi) is 5.56. The fourth-order valence-electron chi connectivity index (χ4n) is 3.09. The van der Waals surface area contributed by atoms with Gasteiger partial charge in [-0.2, -0.15) is 5.10 Å². The minimum Gasteiger partial charge on any atom is -0.372 e. The number of hydrogen-bond donors (Lipinski definition) is 2. The van der Waals surface area contributed by atoms with Gasteiger partial charge in [-0.3, -0.25) is 9.89 Å². The number of morpholine rings is 1. The molecule has 0 spiro atoms. The molecule has 1 aliphatic heterocycles. The Hall–Kier alpha value is -2.41. The van der Waals surface area contributed by atoms with Gasteiger partial charge in [-0.1, -0.05) is 19.9 Å². The molecule has 2 N–H and O–H groups in total. The van der Waals surface area contributed by atoms with Crippen molar-refractivity contribution in [3.05, 3.63) is 41.3 Å². The Bertz CT molecular complexity index is 731.